The van der Waals surface area contributed by atoms with Crippen molar-refractivity contribution in [2.24, 2.45) is 10.1 Å². The smallest absolute Gasteiger partial charge is 0.279 e. The van der Waals surface area contributed by atoms with E-state index in [4.69, 9.17) is 5.10 Å². The lowest BCUT2D eigenvalue weighted by Gasteiger charge is -2.08. The van der Waals surface area contributed by atoms with Gasteiger partial charge in [-0.3, -0.25) is 9.79 Å². The van der Waals surface area contributed by atoms with Gasteiger partial charge in [0, 0.05) is 34.6 Å². The van der Waals surface area contributed by atoms with Crippen LogP contribution >= 0.6 is 27.3 Å². The molecule has 0 atom stereocenters. The number of carbonyl (C=O) groups is 1. The predicted molar refractivity (Wildman–Crippen MR) is 113 cm³/mol. The quantitative estimate of drug-likeness (QED) is 0.603. The number of hydrogen-bond acceptors (Lipinski definition) is 4. The highest BCUT2D eigenvalue weighted by atomic mass is 79.9. The van der Waals surface area contributed by atoms with Crippen molar-refractivity contribution in [2.75, 3.05) is 18.5 Å². The molecule has 1 aromatic heterocycles. The molecule has 27 heavy (non-hydrogen) atoms. The monoisotopic (exact) mass is 440 g/mol. The van der Waals surface area contributed by atoms with E-state index in [-0.39, 0.29) is 5.91 Å². The largest absolute Gasteiger partial charge is 0.309 e. The number of fused-ring (bicyclic) bond motifs is 1. The molecular formula is C20H17BrN4OS. The van der Waals surface area contributed by atoms with Gasteiger partial charge in [-0.15, -0.1) is 11.3 Å². The summed E-state index contributed by atoms with van der Waals surface area (Å²) in [6.45, 7) is 2.63. The van der Waals surface area contributed by atoms with Crippen LogP contribution < -0.4 is 9.70 Å². The number of nitrogens with zero attached hydrogens (tertiary/aromatic N) is 4. The minimum absolute atomic E-state index is 0.113. The van der Waals surface area contributed by atoms with Crippen LogP contribution in [0, 0.1) is 0 Å². The van der Waals surface area contributed by atoms with Gasteiger partial charge in [0.2, 0.25) is 4.80 Å². The number of aromatic nitrogens is 1. The van der Waals surface area contributed by atoms with E-state index in [1.54, 1.807) is 16.6 Å². The normalized spacial score (nSPS) is 15.7. The lowest BCUT2D eigenvalue weighted by atomic mass is 10.1. The van der Waals surface area contributed by atoms with Gasteiger partial charge in [0.25, 0.3) is 5.91 Å². The fraction of sp³-hybridized carbons (Fsp3) is 0.150. The van der Waals surface area contributed by atoms with E-state index in [1.165, 1.54) is 11.3 Å². The van der Waals surface area contributed by atoms with Crippen molar-refractivity contribution >= 4 is 44.6 Å². The number of halogens is 1. The number of para-hydroxylation sites is 1. The van der Waals surface area contributed by atoms with Gasteiger partial charge in [-0.05, 0) is 25.1 Å². The van der Waals surface area contributed by atoms with Crippen molar-refractivity contribution in [1.82, 2.24) is 4.68 Å². The topological polar surface area (TPSA) is 50.0 Å². The molecule has 2 aromatic carbocycles. The lowest BCUT2D eigenvalue weighted by Crippen LogP contribution is -2.27. The van der Waals surface area contributed by atoms with E-state index < -0.39 is 0 Å². The SMILES string of the molecule is CCN=c1scc(-c2cccc(Br)c2)n1N=C1C(=O)N(C)c2ccccc21. The Morgan fingerprint density at radius 1 is 1.15 bits per heavy atom. The summed E-state index contributed by atoms with van der Waals surface area (Å²) in [5.41, 5.74) is 4.05. The van der Waals surface area contributed by atoms with Crippen LogP contribution in [0.1, 0.15) is 12.5 Å². The van der Waals surface area contributed by atoms with E-state index in [2.05, 4.69) is 20.9 Å². The summed E-state index contributed by atoms with van der Waals surface area (Å²) in [4.78, 5) is 19.8. The molecule has 0 fully saturated rings. The molecule has 0 radical (unpaired) electrons. The number of rotatable bonds is 3. The second kappa shape index (κ2) is 7.25. The van der Waals surface area contributed by atoms with Crippen molar-refractivity contribution in [3.05, 3.63) is 68.7 Å². The summed E-state index contributed by atoms with van der Waals surface area (Å²) >= 11 is 5.04. The van der Waals surface area contributed by atoms with Gasteiger partial charge in [-0.25, -0.2) is 4.68 Å². The number of anilines is 1. The second-order valence-electron chi connectivity index (χ2n) is 6.03. The van der Waals surface area contributed by atoms with Gasteiger partial charge in [0.15, 0.2) is 5.71 Å². The minimum Gasteiger partial charge on any atom is -0.309 e. The first kappa shape index (κ1) is 17.9. The van der Waals surface area contributed by atoms with Crippen LogP contribution in [0.2, 0.25) is 0 Å². The van der Waals surface area contributed by atoms with E-state index in [0.717, 1.165) is 31.8 Å². The standard InChI is InChI=1S/C20H17BrN4OS/c1-3-22-20-25(17(12-27-20)13-7-6-8-14(21)11-13)23-18-15-9-4-5-10-16(15)24(2)19(18)26/h4-12H,3H2,1-2H3. The summed E-state index contributed by atoms with van der Waals surface area (Å²) in [6.07, 6.45) is 0. The Hall–Kier alpha value is -2.51. The van der Waals surface area contributed by atoms with Crippen LogP contribution in [0.5, 0.6) is 0 Å². The number of amides is 1. The van der Waals surface area contributed by atoms with Crippen molar-refractivity contribution in [1.29, 1.82) is 0 Å². The van der Waals surface area contributed by atoms with E-state index >= 15 is 0 Å². The Kier molecular flexibility index (Phi) is 4.80. The molecule has 0 saturated carbocycles. The van der Waals surface area contributed by atoms with Crippen LogP contribution in [0.25, 0.3) is 11.3 Å². The summed E-state index contributed by atoms with van der Waals surface area (Å²) in [5.74, 6) is -0.113. The maximum Gasteiger partial charge on any atom is 0.279 e. The first-order valence-corrected chi connectivity index (χ1v) is 10.2. The van der Waals surface area contributed by atoms with Gasteiger partial charge in [0.05, 0.1) is 11.4 Å². The molecule has 7 heteroatoms. The molecule has 1 aliphatic rings. The molecule has 3 aromatic rings. The third kappa shape index (κ3) is 3.17. The summed E-state index contributed by atoms with van der Waals surface area (Å²) in [5, 5.41) is 6.78. The Bertz CT molecular complexity index is 1130. The first-order valence-electron chi connectivity index (χ1n) is 8.53. The molecule has 5 nitrogen and oxygen atoms in total. The Morgan fingerprint density at radius 3 is 2.74 bits per heavy atom. The van der Waals surface area contributed by atoms with Crippen molar-refractivity contribution in [3.8, 4) is 11.3 Å². The molecule has 136 valence electrons. The minimum atomic E-state index is -0.113. The zero-order valence-corrected chi connectivity index (χ0v) is 17.3. The maximum absolute atomic E-state index is 12.8. The molecule has 1 amide bonds. The molecule has 2 heterocycles. The van der Waals surface area contributed by atoms with Crippen molar-refractivity contribution in [3.63, 3.8) is 0 Å². The summed E-state index contributed by atoms with van der Waals surface area (Å²) in [6, 6.07) is 15.7. The number of carbonyl (C=O) groups excluding carboxylic acids is 1. The highest BCUT2D eigenvalue weighted by Gasteiger charge is 2.31. The van der Waals surface area contributed by atoms with Gasteiger partial charge in [-0.2, -0.15) is 5.10 Å². The van der Waals surface area contributed by atoms with E-state index in [1.807, 2.05) is 60.8 Å². The predicted octanol–water partition coefficient (Wildman–Crippen LogP) is 4.13. The molecule has 0 saturated heterocycles. The third-order valence-corrected chi connectivity index (χ3v) is 5.67. The van der Waals surface area contributed by atoms with Crippen molar-refractivity contribution < 1.29 is 4.79 Å². The molecule has 0 spiro atoms. The molecule has 0 bridgehead atoms. The average molecular weight is 441 g/mol. The zero-order valence-electron chi connectivity index (χ0n) is 14.9. The lowest BCUT2D eigenvalue weighted by molar-refractivity contribution is -0.112. The van der Waals surface area contributed by atoms with Gasteiger partial charge >= 0.3 is 0 Å². The van der Waals surface area contributed by atoms with Gasteiger partial charge in [-0.1, -0.05) is 46.3 Å². The number of likely N-dealkylation sites (N-methyl/N-ethyl adjacent to an activating group) is 1. The Balaban J connectivity index is 1.94. The van der Waals surface area contributed by atoms with Crippen LogP contribution in [-0.2, 0) is 4.79 Å². The number of benzene rings is 2. The van der Waals surface area contributed by atoms with Crippen LogP contribution in [0.15, 0.2) is 68.5 Å². The Labute approximate surface area is 169 Å². The van der Waals surface area contributed by atoms with Gasteiger partial charge in [0.1, 0.15) is 0 Å². The average Bonchev–Trinajstić information content (AvgIpc) is 3.17. The van der Waals surface area contributed by atoms with Gasteiger partial charge < -0.3 is 4.90 Å². The second-order valence-corrected chi connectivity index (χ2v) is 7.78. The fourth-order valence-electron chi connectivity index (χ4n) is 3.03. The fourth-order valence-corrected chi connectivity index (χ4v) is 4.33. The molecule has 4 rings (SSSR count). The Morgan fingerprint density at radius 2 is 1.96 bits per heavy atom. The van der Waals surface area contributed by atoms with E-state index in [9.17, 15) is 4.79 Å². The zero-order chi connectivity index (χ0) is 19.0. The number of hydrogen-bond donors (Lipinski definition) is 0. The summed E-state index contributed by atoms with van der Waals surface area (Å²) < 4.78 is 2.76. The molecule has 0 N–H and O–H groups in total. The van der Waals surface area contributed by atoms with Crippen molar-refractivity contribution in [2.45, 2.75) is 6.92 Å². The molecule has 1 aliphatic heterocycles. The highest BCUT2D eigenvalue weighted by Crippen LogP contribution is 2.29. The van der Waals surface area contributed by atoms with Crippen LogP contribution in [0.4, 0.5) is 5.69 Å². The molecule has 0 aliphatic carbocycles. The number of thiazole rings is 1. The van der Waals surface area contributed by atoms with Crippen LogP contribution in [-0.4, -0.2) is 29.9 Å². The summed E-state index contributed by atoms with van der Waals surface area (Å²) in [7, 11) is 1.77. The molecular weight excluding hydrogens is 424 g/mol. The third-order valence-electron chi connectivity index (χ3n) is 4.33. The van der Waals surface area contributed by atoms with Crippen LogP contribution in [0.3, 0.4) is 0 Å². The molecule has 0 unspecified atom stereocenters. The van der Waals surface area contributed by atoms with E-state index in [0.29, 0.717) is 12.3 Å². The maximum atomic E-state index is 12.8. The first-order chi connectivity index (χ1) is 13.1. The highest BCUT2D eigenvalue weighted by molar-refractivity contribution is 9.10.